The highest BCUT2D eigenvalue weighted by Crippen LogP contribution is 2.34. The van der Waals surface area contributed by atoms with Crippen LogP contribution < -0.4 is 9.47 Å². The lowest BCUT2D eigenvalue weighted by Gasteiger charge is -2.14. The molecule has 0 fully saturated rings. The van der Waals surface area contributed by atoms with E-state index in [1.807, 2.05) is 12.1 Å². The number of ether oxygens (including phenoxy) is 2. The zero-order valence-corrected chi connectivity index (χ0v) is 17.7. The molecule has 0 aliphatic heterocycles. The highest BCUT2D eigenvalue weighted by molar-refractivity contribution is 7.95. The zero-order valence-electron chi connectivity index (χ0n) is 16.1. The second kappa shape index (κ2) is 9.49. The number of allylic oxidation sites excluding steroid dienone is 1. The van der Waals surface area contributed by atoms with Crippen LogP contribution in [0.2, 0.25) is 5.02 Å². The maximum Gasteiger partial charge on any atom is 0.216 e. The number of halogens is 1. The first kappa shape index (κ1) is 21.4. The highest BCUT2D eigenvalue weighted by Gasteiger charge is 2.22. The fraction of sp³-hybridized carbons (Fsp3) is 0.0870. The van der Waals surface area contributed by atoms with Gasteiger partial charge < -0.3 is 9.47 Å². The predicted octanol–water partition coefficient (Wildman–Crippen LogP) is 5.27. The van der Waals surface area contributed by atoms with Crippen LogP contribution in [0, 0.1) is 11.3 Å². The third-order valence-corrected chi connectivity index (χ3v) is 6.16. The van der Waals surface area contributed by atoms with Crippen molar-refractivity contribution < 1.29 is 17.9 Å². The number of rotatable bonds is 7. The van der Waals surface area contributed by atoms with Gasteiger partial charge in [0.05, 0.1) is 12.0 Å². The number of hydrogen-bond acceptors (Lipinski definition) is 5. The minimum atomic E-state index is -3.97. The summed E-state index contributed by atoms with van der Waals surface area (Å²) >= 11 is 6.02. The Morgan fingerprint density at radius 1 is 1.07 bits per heavy atom. The Kier molecular flexibility index (Phi) is 6.78. The van der Waals surface area contributed by atoms with Crippen molar-refractivity contribution in [2.75, 3.05) is 7.11 Å². The molecule has 0 bridgehead atoms. The van der Waals surface area contributed by atoms with Crippen molar-refractivity contribution >= 4 is 27.5 Å². The van der Waals surface area contributed by atoms with E-state index < -0.39 is 14.7 Å². The van der Waals surface area contributed by atoms with E-state index in [-0.39, 0.29) is 11.5 Å². The van der Waals surface area contributed by atoms with Gasteiger partial charge in [0.15, 0.2) is 11.5 Å². The highest BCUT2D eigenvalue weighted by atomic mass is 35.5. The van der Waals surface area contributed by atoms with E-state index in [1.165, 1.54) is 25.3 Å². The molecule has 0 atom stereocenters. The normalized spacial score (nSPS) is 11.6. The fourth-order valence-corrected chi connectivity index (χ4v) is 4.17. The summed E-state index contributed by atoms with van der Waals surface area (Å²) in [5, 5.41) is 10.1. The van der Waals surface area contributed by atoms with Crippen molar-refractivity contribution in [1.29, 1.82) is 5.26 Å². The second-order valence-electron chi connectivity index (χ2n) is 6.23. The van der Waals surface area contributed by atoms with Crippen molar-refractivity contribution in [1.82, 2.24) is 0 Å². The molecule has 0 amide bonds. The zero-order chi connectivity index (χ0) is 21.6. The standard InChI is InChI=1S/C23H18ClNO4S/c1-28-22-12-6-8-18(23(22)29-16-17-7-5-9-19(24)13-17)14-21(15-25)30(26,27)20-10-3-2-4-11-20/h2-14H,16H2,1H3. The van der Waals surface area contributed by atoms with Gasteiger partial charge in [-0.1, -0.05) is 54.1 Å². The van der Waals surface area contributed by atoms with Crippen molar-refractivity contribution in [3.05, 3.63) is 93.9 Å². The van der Waals surface area contributed by atoms with E-state index >= 15 is 0 Å². The van der Waals surface area contributed by atoms with Crippen LogP contribution in [0.25, 0.3) is 6.08 Å². The summed E-state index contributed by atoms with van der Waals surface area (Å²) in [7, 11) is -2.49. The number of para-hydroxylation sites is 1. The lowest BCUT2D eigenvalue weighted by atomic mass is 10.1. The maximum absolute atomic E-state index is 12.9. The van der Waals surface area contributed by atoms with E-state index in [9.17, 15) is 13.7 Å². The number of methoxy groups -OCH3 is 1. The van der Waals surface area contributed by atoms with Crippen LogP contribution in [0.4, 0.5) is 0 Å². The number of sulfone groups is 1. The van der Waals surface area contributed by atoms with Crippen molar-refractivity contribution in [2.45, 2.75) is 11.5 Å². The van der Waals surface area contributed by atoms with Crippen LogP contribution in [0.3, 0.4) is 0 Å². The van der Waals surface area contributed by atoms with Gasteiger partial charge >= 0.3 is 0 Å². The van der Waals surface area contributed by atoms with E-state index in [0.29, 0.717) is 22.1 Å². The summed E-state index contributed by atoms with van der Waals surface area (Å²) in [6.07, 6.45) is 1.29. The molecule has 3 aromatic rings. The van der Waals surface area contributed by atoms with Crippen LogP contribution in [-0.4, -0.2) is 15.5 Å². The molecule has 0 N–H and O–H groups in total. The van der Waals surface area contributed by atoms with Gasteiger partial charge in [0.25, 0.3) is 0 Å². The number of hydrogen-bond donors (Lipinski definition) is 0. The third-order valence-electron chi connectivity index (χ3n) is 4.24. The molecular formula is C23H18ClNO4S. The maximum atomic E-state index is 12.9. The summed E-state index contributed by atoms with van der Waals surface area (Å²) in [5.74, 6) is 0.746. The van der Waals surface area contributed by atoms with Gasteiger partial charge in [-0.15, -0.1) is 0 Å². The number of nitriles is 1. The van der Waals surface area contributed by atoms with Gasteiger partial charge in [-0.3, -0.25) is 0 Å². The summed E-state index contributed by atoms with van der Waals surface area (Å²) in [4.78, 5) is -0.350. The summed E-state index contributed by atoms with van der Waals surface area (Å²) < 4.78 is 37.0. The third kappa shape index (κ3) is 4.82. The van der Waals surface area contributed by atoms with E-state index in [1.54, 1.807) is 54.6 Å². The van der Waals surface area contributed by atoms with E-state index in [0.717, 1.165) is 5.56 Å². The molecule has 0 aliphatic rings. The summed E-state index contributed by atoms with van der Waals surface area (Å²) in [6.45, 7) is 0.190. The molecule has 0 unspecified atom stereocenters. The molecule has 3 rings (SSSR count). The molecule has 0 radical (unpaired) electrons. The Labute approximate surface area is 180 Å². The molecule has 0 saturated carbocycles. The smallest absolute Gasteiger partial charge is 0.216 e. The molecule has 0 saturated heterocycles. The van der Waals surface area contributed by atoms with Crippen LogP contribution in [0.1, 0.15) is 11.1 Å². The molecular weight excluding hydrogens is 422 g/mol. The molecule has 0 spiro atoms. The van der Waals surface area contributed by atoms with Gasteiger partial charge in [-0.2, -0.15) is 5.26 Å². The van der Waals surface area contributed by atoms with Gasteiger partial charge in [0, 0.05) is 10.6 Å². The molecule has 7 heteroatoms. The molecule has 152 valence electrons. The average molecular weight is 440 g/mol. The monoisotopic (exact) mass is 439 g/mol. The Morgan fingerprint density at radius 2 is 1.80 bits per heavy atom. The largest absolute Gasteiger partial charge is 0.493 e. The Morgan fingerprint density at radius 3 is 2.47 bits per heavy atom. The topological polar surface area (TPSA) is 76.4 Å². The minimum Gasteiger partial charge on any atom is -0.493 e. The first-order valence-corrected chi connectivity index (χ1v) is 10.8. The Balaban J connectivity index is 2.01. The number of nitrogens with zero attached hydrogens (tertiary/aromatic N) is 1. The average Bonchev–Trinajstić information content (AvgIpc) is 2.76. The quantitative estimate of drug-likeness (QED) is 0.469. The van der Waals surface area contributed by atoms with Crippen LogP contribution >= 0.6 is 11.6 Å². The van der Waals surface area contributed by atoms with Crippen LogP contribution in [0.5, 0.6) is 11.5 Å². The molecule has 30 heavy (non-hydrogen) atoms. The van der Waals surface area contributed by atoms with Gasteiger partial charge in [0.2, 0.25) is 9.84 Å². The van der Waals surface area contributed by atoms with Gasteiger partial charge in [0.1, 0.15) is 17.6 Å². The lowest BCUT2D eigenvalue weighted by Crippen LogP contribution is -2.04. The molecule has 5 nitrogen and oxygen atoms in total. The minimum absolute atomic E-state index is 0.0436. The Hall–Kier alpha value is -3.27. The van der Waals surface area contributed by atoms with Crippen molar-refractivity contribution in [3.8, 4) is 17.6 Å². The second-order valence-corrected chi connectivity index (χ2v) is 8.59. The van der Waals surface area contributed by atoms with Crippen LogP contribution in [0.15, 0.2) is 82.6 Å². The van der Waals surface area contributed by atoms with Crippen molar-refractivity contribution in [3.63, 3.8) is 0 Å². The fourth-order valence-electron chi connectivity index (χ4n) is 2.78. The molecule has 0 aromatic heterocycles. The molecule has 0 heterocycles. The predicted molar refractivity (Wildman–Crippen MR) is 116 cm³/mol. The van der Waals surface area contributed by atoms with Crippen LogP contribution in [-0.2, 0) is 16.4 Å². The first-order chi connectivity index (χ1) is 14.5. The van der Waals surface area contributed by atoms with E-state index in [2.05, 4.69) is 0 Å². The van der Waals surface area contributed by atoms with Crippen molar-refractivity contribution in [2.24, 2.45) is 0 Å². The molecule has 0 aliphatic carbocycles. The van der Waals surface area contributed by atoms with Gasteiger partial charge in [-0.05, 0) is 42.0 Å². The number of benzene rings is 3. The summed E-state index contributed by atoms with van der Waals surface area (Å²) in [5.41, 5.74) is 1.24. The Bertz CT molecular complexity index is 1220. The van der Waals surface area contributed by atoms with Gasteiger partial charge in [-0.25, -0.2) is 8.42 Å². The lowest BCUT2D eigenvalue weighted by molar-refractivity contribution is 0.284. The molecule has 3 aromatic carbocycles. The van der Waals surface area contributed by atoms with E-state index in [4.69, 9.17) is 21.1 Å². The summed E-state index contributed by atoms with van der Waals surface area (Å²) in [6, 6.07) is 21.9. The SMILES string of the molecule is COc1cccc(C=C(C#N)S(=O)(=O)c2ccccc2)c1OCc1cccc(Cl)c1. The first-order valence-electron chi connectivity index (χ1n) is 8.92.